The van der Waals surface area contributed by atoms with Crippen molar-refractivity contribution in [2.75, 3.05) is 0 Å². The van der Waals surface area contributed by atoms with Crippen LogP contribution in [0, 0.1) is 0 Å². The quantitative estimate of drug-likeness (QED) is 0.735. The van der Waals surface area contributed by atoms with E-state index in [0.29, 0.717) is 6.54 Å². The zero-order valence-corrected chi connectivity index (χ0v) is 7.27. The average Bonchev–Trinajstić information content (AvgIpc) is 2.75. The van der Waals surface area contributed by atoms with Crippen molar-refractivity contribution in [2.45, 2.75) is 6.54 Å². The van der Waals surface area contributed by atoms with Crippen molar-refractivity contribution in [3.8, 4) is 10.4 Å². The Bertz CT molecular complexity index is 350. The van der Waals surface area contributed by atoms with Gasteiger partial charge in [0, 0.05) is 30.7 Å². The summed E-state index contributed by atoms with van der Waals surface area (Å²) in [6.07, 6.45) is 5.71. The third kappa shape index (κ3) is 1.26. The molecule has 0 amide bonds. The van der Waals surface area contributed by atoms with Gasteiger partial charge in [0.25, 0.3) is 0 Å². The first-order chi connectivity index (χ1) is 5.90. The molecular weight excluding hydrogens is 170 g/mol. The zero-order valence-electron chi connectivity index (χ0n) is 6.45. The van der Waals surface area contributed by atoms with E-state index < -0.39 is 0 Å². The first-order valence-electron chi connectivity index (χ1n) is 3.68. The summed E-state index contributed by atoms with van der Waals surface area (Å²) >= 11 is 1.63. The molecule has 3 N–H and O–H groups in total. The molecule has 12 heavy (non-hydrogen) atoms. The highest BCUT2D eigenvalue weighted by molar-refractivity contribution is 7.15. The number of rotatable bonds is 2. The minimum Gasteiger partial charge on any atom is -0.367 e. The minimum absolute atomic E-state index is 0.523. The summed E-state index contributed by atoms with van der Waals surface area (Å²) in [6.45, 7) is 0.523. The summed E-state index contributed by atoms with van der Waals surface area (Å²) < 4.78 is 0. The Balaban J connectivity index is 2.35. The van der Waals surface area contributed by atoms with Crippen LogP contribution in [-0.2, 0) is 6.54 Å². The molecule has 0 unspecified atom stereocenters. The highest BCUT2D eigenvalue weighted by Crippen LogP contribution is 2.24. The number of hydrogen-bond donors (Lipinski definition) is 2. The molecule has 2 aromatic heterocycles. The molecule has 0 fully saturated rings. The van der Waals surface area contributed by atoms with Crippen LogP contribution in [0.15, 0.2) is 24.7 Å². The maximum atomic E-state index is 5.46. The van der Waals surface area contributed by atoms with Crippen LogP contribution in [0.25, 0.3) is 10.4 Å². The van der Waals surface area contributed by atoms with Crippen molar-refractivity contribution in [1.29, 1.82) is 0 Å². The largest absolute Gasteiger partial charge is 0.367 e. The zero-order chi connectivity index (χ0) is 8.39. The molecule has 4 heteroatoms. The lowest BCUT2D eigenvalue weighted by molar-refractivity contribution is 1.04. The Morgan fingerprint density at radius 2 is 2.50 bits per heavy atom. The third-order valence-corrected chi connectivity index (χ3v) is 2.68. The topological polar surface area (TPSA) is 54.7 Å². The number of nitrogens with zero attached hydrogens (tertiary/aromatic N) is 1. The number of thiazole rings is 1. The van der Waals surface area contributed by atoms with Crippen LogP contribution in [0.5, 0.6) is 0 Å². The van der Waals surface area contributed by atoms with Gasteiger partial charge in [0.15, 0.2) is 0 Å². The van der Waals surface area contributed by atoms with Crippen molar-refractivity contribution in [1.82, 2.24) is 9.97 Å². The van der Waals surface area contributed by atoms with Gasteiger partial charge in [-0.05, 0) is 6.07 Å². The Morgan fingerprint density at radius 1 is 1.58 bits per heavy atom. The molecule has 3 nitrogen and oxygen atoms in total. The summed E-state index contributed by atoms with van der Waals surface area (Å²) in [5.74, 6) is 0. The van der Waals surface area contributed by atoms with Gasteiger partial charge >= 0.3 is 0 Å². The maximum Gasteiger partial charge on any atom is 0.107 e. The number of hydrogen-bond acceptors (Lipinski definition) is 3. The lowest BCUT2D eigenvalue weighted by Gasteiger charge is -1.86. The van der Waals surface area contributed by atoms with Crippen molar-refractivity contribution in [3.05, 3.63) is 29.7 Å². The van der Waals surface area contributed by atoms with Crippen LogP contribution >= 0.6 is 11.3 Å². The molecule has 2 rings (SSSR count). The van der Waals surface area contributed by atoms with E-state index in [4.69, 9.17) is 5.73 Å². The molecule has 0 radical (unpaired) electrons. The van der Waals surface area contributed by atoms with Gasteiger partial charge in [-0.25, -0.2) is 4.98 Å². The third-order valence-electron chi connectivity index (χ3n) is 1.61. The fourth-order valence-corrected chi connectivity index (χ4v) is 1.81. The number of nitrogens with one attached hydrogen (secondary N) is 1. The molecule has 2 aromatic rings. The van der Waals surface area contributed by atoms with E-state index in [9.17, 15) is 0 Å². The summed E-state index contributed by atoms with van der Waals surface area (Å²) in [5, 5.41) is 0.978. The first-order valence-corrected chi connectivity index (χ1v) is 4.50. The Hall–Kier alpha value is -1.13. The first kappa shape index (κ1) is 7.52. The van der Waals surface area contributed by atoms with E-state index in [0.717, 1.165) is 9.88 Å². The van der Waals surface area contributed by atoms with Gasteiger partial charge in [-0.3, -0.25) is 0 Å². The second-order valence-corrected chi connectivity index (χ2v) is 3.54. The van der Waals surface area contributed by atoms with Gasteiger partial charge in [0.2, 0.25) is 0 Å². The number of aromatic amines is 1. The fourth-order valence-electron chi connectivity index (χ4n) is 1.02. The Morgan fingerprint density at radius 3 is 3.08 bits per heavy atom. The maximum absolute atomic E-state index is 5.46. The van der Waals surface area contributed by atoms with Gasteiger partial charge in [0.1, 0.15) is 5.01 Å². The smallest absolute Gasteiger partial charge is 0.107 e. The van der Waals surface area contributed by atoms with Gasteiger partial charge in [-0.15, -0.1) is 11.3 Å². The fraction of sp³-hybridized carbons (Fsp3) is 0.125. The van der Waals surface area contributed by atoms with Crippen LogP contribution in [0.3, 0.4) is 0 Å². The predicted molar refractivity (Wildman–Crippen MR) is 49.8 cm³/mol. The molecule has 0 saturated heterocycles. The molecular formula is C8H9N3S. The molecule has 0 saturated carbocycles. The highest BCUT2D eigenvalue weighted by Gasteiger charge is 2.02. The van der Waals surface area contributed by atoms with Crippen molar-refractivity contribution in [3.63, 3.8) is 0 Å². The van der Waals surface area contributed by atoms with Gasteiger partial charge in [0.05, 0.1) is 4.88 Å². The summed E-state index contributed by atoms with van der Waals surface area (Å²) in [7, 11) is 0. The van der Waals surface area contributed by atoms with E-state index in [1.165, 1.54) is 5.56 Å². The van der Waals surface area contributed by atoms with Gasteiger partial charge < -0.3 is 10.7 Å². The molecule has 0 aliphatic carbocycles. The lowest BCUT2D eigenvalue weighted by atomic mass is 10.3. The molecule has 62 valence electrons. The molecule has 0 aliphatic heterocycles. The van der Waals surface area contributed by atoms with Crippen molar-refractivity contribution >= 4 is 11.3 Å². The van der Waals surface area contributed by atoms with Crippen molar-refractivity contribution in [2.24, 2.45) is 5.73 Å². The summed E-state index contributed by atoms with van der Waals surface area (Å²) in [6, 6.07) is 2.02. The highest BCUT2D eigenvalue weighted by atomic mass is 32.1. The van der Waals surface area contributed by atoms with Crippen LogP contribution in [0.1, 0.15) is 5.01 Å². The van der Waals surface area contributed by atoms with E-state index in [1.807, 2.05) is 24.7 Å². The van der Waals surface area contributed by atoms with E-state index in [-0.39, 0.29) is 0 Å². The normalized spacial score (nSPS) is 10.4. The average molecular weight is 179 g/mol. The Kier molecular flexibility index (Phi) is 1.93. The SMILES string of the molecule is NCc1ncc(-c2cc[nH]c2)s1. The number of aromatic nitrogens is 2. The van der Waals surface area contributed by atoms with E-state index in [2.05, 4.69) is 9.97 Å². The molecule has 0 atom stereocenters. The van der Waals surface area contributed by atoms with Gasteiger partial charge in [-0.1, -0.05) is 0 Å². The van der Waals surface area contributed by atoms with Crippen molar-refractivity contribution < 1.29 is 0 Å². The second kappa shape index (κ2) is 3.08. The summed E-state index contributed by atoms with van der Waals surface area (Å²) in [4.78, 5) is 8.34. The molecule has 0 bridgehead atoms. The molecule has 2 heterocycles. The predicted octanol–water partition coefficient (Wildman–Crippen LogP) is 1.60. The second-order valence-electron chi connectivity index (χ2n) is 2.42. The van der Waals surface area contributed by atoms with E-state index in [1.54, 1.807) is 11.3 Å². The Labute approximate surface area is 74.3 Å². The minimum atomic E-state index is 0.523. The van der Waals surface area contributed by atoms with Crippen LogP contribution in [0.4, 0.5) is 0 Å². The standard InChI is InChI=1S/C8H9N3S/c9-3-8-11-5-7(12-8)6-1-2-10-4-6/h1-2,4-5,10H,3,9H2. The lowest BCUT2D eigenvalue weighted by Crippen LogP contribution is -1.93. The molecule has 0 spiro atoms. The molecule has 0 aliphatic rings. The van der Waals surface area contributed by atoms with Gasteiger partial charge in [-0.2, -0.15) is 0 Å². The van der Waals surface area contributed by atoms with Crippen LogP contribution in [-0.4, -0.2) is 9.97 Å². The number of H-pyrrole nitrogens is 1. The monoisotopic (exact) mass is 179 g/mol. The molecule has 0 aromatic carbocycles. The van der Waals surface area contributed by atoms with E-state index >= 15 is 0 Å². The van der Waals surface area contributed by atoms with Crippen LogP contribution in [0.2, 0.25) is 0 Å². The number of nitrogens with two attached hydrogens (primary N) is 1. The summed E-state index contributed by atoms with van der Waals surface area (Å²) in [5.41, 5.74) is 6.63. The van der Waals surface area contributed by atoms with Crippen LogP contribution < -0.4 is 5.73 Å².